The number of halogens is 4. The molecule has 0 radical (unpaired) electrons. The number of aromatic nitrogens is 2. The first-order valence-electron chi connectivity index (χ1n) is 6.33. The zero-order valence-electron chi connectivity index (χ0n) is 11.8. The number of carbonyl (C=O) groups is 1. The fourth-order valence-electron chi connectivity index (χ4n) is 1.96. The summed E-state index contributed by atoms with van der Waals surface area (Å²) in [6, 6.07) is 4.59. The number of benzene rings is 1. The number of nitrogens with one attached hydrogen (secondary N) is 1. The van der Waals surface area contributed by atoms with Crippen LogP contribution in [-0.2, 0) is 19.8 Å². The van der Waals surface area contributed by atoms with Crippen molar-refractivity contribution in [3.8, 4) is 0 Å². The number of carbonyl (C=O) groups excluding carboxylic acids is 1. The summed E-state index contributed by atoms with van der Waals surface area (Å²) in [6.45, 7) is 1.77. The second-order valence-electron chi connectivity index (χ2n) is 4.75. The van der Waals surface area contributed by atoms with Crippen molar-refractivity contribution in [3.63, 3.8) is 0 Å². The Morgan fingerprint density at radius 1 is 1.32 bits per heavy atom. The number of amides is 1. The Kier molecular flexibility index (Phi) is 4.46. The van der Waals surface area contributed by atoms with Gasteiger partial charge in [-0.2, -0.15) is 18.3 Å². The van der Waals surface area contributed by atoms with Crippen LogP contribution in [0, 0.1) is 6.92 Å². The van der Waals surface area contributed by atoms with Crippen LogP contribution in [0.1, 0.15) is 27.3 Å². The highest BCUT2D eigenvalue weighted by atomic mass is 35.5. The second-order valence-corrected chi connectivity index (χ2v) is 5.13. The van der Waals surface area contributed by atoms with Gasteiger partial charge in [-0.05, 0) is 24.6 Å². The molecule has 0 unspecified atom stereocenters. The predicted octanol–water partition coefficient (Wildman–Crippen LogP) is 3.33. The summed E-state index contributed by atoms with van der Waals surface area (Å²) in [7, 11) is 1.59. The molecule has 0 saturated carbocycles. The first kappa shape index (κ1) is 16.4. The molecule has 2 aromatic rings. The maximum absolute atomic E-state index is 12.5. The van der Waals surface area contributed by atoms with Crippen LogP contribution in [0.2, 0.25) is 5.02 Å². The molecule has 0 aliphatic heterocycles. The Labute approximate surface area is 129 Å². The van der Waals surface area contributed by atoms with Crippen LogP contribution in [0.3, 0.4) is 0 Å². The third kappa shape index (κ3) is 3.41. The summed E-state index contributed by atoms with van der Waals surface area (Å²) in [4.78, 5) is 12.1. The van der Waals surface area contributed by atoms with Crippen molar-refractivity contribution < 1.29 is 18.0 Å². The Bertz CT molecular complexity index is 693. The lowest BCUT2D eigenvalue weighted by Crippen LogP contribution is -2.25. The normalized spacial score (nSPS) is 11.5. The van der Waals surface area contributed by atoms with Crippen LogP contribution >= 0.6 is 11.6 Å². The number of alkyl halides is 3. The second kappa shape index (κ2) is 6.00. The van der Waals surface area contributed by atoms with Crippen molar-refractivity contribution in [3.05, 3.63) is 51.8 Å². The van der Waals surface area contributed by atoms with Gasteiger partial charge in [-0.25, -0.2) is 0 Å². The average Bonchev–Trinajstić information content (AvgIpc) is 2.69. The van der Waals surface area contributed by atoms with Gasteiger partial charge in [-0.3, -0.25) is 9.48 Å². The van der Waals surface area contributed by atoms with E-state index in [1.807, 2.05) is 0 Å². The molecule has 0 atom stereocenters. The molecule has 1 heterocycles. The van der Waals surface area contributed by atoms with Crippen LogP contribution in [0.15, 0.2) is 24.3 Å². The third-order valence-electron chi connectivity index (χ3n) is 3.10. The molecule has 2 rings (SSSR count). The lowest BCUT2D eigenvalue weighted by atomic mass is 10.1. The first-order chi connectivity index (χ1) is 10.2. The standard InChI is InChI=1S/C14H13ClF3N3O/c1-8-11(15)12(21(2)20-8)13(22)19-7-9-3-5-10(6-4-9)14(16,17)18/h3-6H,7H2,1-2H3,(H,19,22). The van der Waals surface area contributed by atoms with Crippen LogP contribution in [0.25, 0.3) is 0 Å². The lowest BCUT2D eigenvalue weighted by molar-refractivity contribution is -0.137. The topological polar surface area (TPSA) is 46.9 Å². The van der Waals surface area contributed by atoms with E-state index >= 15 is 0 Å². The largest absolute Gasteiger partial charge is 0.416 e. The van der Waals surface area contributed by atoms with Crippen molar-refractivity contribution in [2.24, 2.45) is 7.05 Å². The third-order valence-corrected chi connectivity index (χ3v) is 3.55. The Hall–Kier alpha value is -2.02. The first-order valence-corrected chi connectivity index (χ1v) is 6.71. The van der Waals surface area contributed by atoms with Gasteiger partial charge >= 0.3 is 6.18 Å². The van der Waals surface area contributed by atoms with Crippen molar-refractivity contribution in [1.82, 2.24) is 15.1 Å². The molecule has 0 saturated heterocycles. The van der Waals surface area contributed by atoms with Crippen LogP contribution in [0.5, 0.6) is 0 Å². The molecular formula is C14H13ClF3N3O. The molecule has 118 valence electrons. The van der Waals surface area contributed by atoms with Gasteiger partial charge in [0.2, 0.25) is 0 Å². The number of hydrogen-bond acceptors (Lipinski definition) is 2. The van der Waals surface area contributed by atoms with E-state index in [0.29, 0.717) is 11.3 Å². The highest BCUT2D eigenvalue weighted by molar-refractivity contribution is 6.34. The highest BCUT2D eigenvalue weighted by Crippen LogP contribution is 2.29. The SMILES string of the molecule is Cc1nn(C)c(C(=O)NCc2ccc(C(F)(F)F)cc2)c1Cl. The van der Waals surface area contributed by atoms with Crippen molar-refractivity contribution in [2.45, 2.75) is 19.6 Å². The molecule has 4 nitrogen and oxygen atoms in total. The molecule has 0 aliphatic rings. The maximum atomic E-state index is 12.5. The number of hydrogen-bond donors (Lipinski definition) is 1. The van der Waals surface area contributed by atoms with E-state index in [1.54, 1.807) is 14.0 Å². The molecule has 1 amide bonds. The number of aryl methyl sites for hydroxylation is 2. The predicted molar refractivity (Wildman–Crippen MR) is 75.6 cm³/mol. The minimum Gasteiger partial charge on any atom is -0.347 e. The molecule has 22 heavy (non-hydrogen) atoms. The highest BCUT2D eigenvalue weighted by Gasteiger charge is 2.29. The van der Waals surface area contributed by atoms with Crippen LogP contribution in [-0.4, -0.2) is 15.7 Å². The van der Waals surface area contributed by atoms with E-state index in [1.165, 1.54) is 16.8 Å². The smallest absolute Gasteiger partial charge is 0.347 e. The fourth-order valence-corrected chi connectivity index (χ4v) is 2.20. The van der Waals surface area contributed by atoms with Gasteiger partial charge in [0.05, 0.1) is 16.3 Å². The molecule has 0 fully saturated rings. The molecule has 0 spiro atoms. The zero-order chi connectivity index (χ0) is 16.5. The van der Waals surface area contributed by atoms with E-state index in [0.717, 1.165) is 12.1 Å². The van der Waals surface area contributed by atoms with Gasteiger partial charge < -0.3 is 5.32 Å². The summed E-state index contributed by atoms with van der Waals surface area (Å²) in [5.41, 5.74) is 0.569. The van der Waals surface area contributed by atoms with Crippen molar-refractivity contribution in [1.29, 1.82) is 0 Å². The molecule has 1 aromatic heterocycles. The minimum absolute atomic E-state index is 0.0948. The van der Waals surface area contributed by atoms with Crippen LogP contribution in [0.4, 0.5) is 13.2 Å². The van der Waals surface area contributed by atoms with E-state index in [-0.39, 0.29) is 17.3 Å². The van der Waals surface area contributed by atoms with Gasteiger partial charge in [0.1, 0.15) is 5.69 Å². The molecular weight excluding hydrogens is 319 g/mol. The van der Waals surface area contributed by atoms with E-state index in [2.05, 4.69) is 10.4 Å². The van der Waals surface area contributed by atoms with Crippen molar-refractivity contribution in [2.75, 3.05) is 0 Å². The Balaban J connectivity index is 2.05. The summed E-state index contributed by atoms with van der Waals surface area (Å²) in [6.07, 6.45) is -4.37. The summed E-state index contributed by atoms with van der Waals surface area (Å²) in [5, 5.41) is 6.88. The maximum Gasteiger partial charge on any atom is 0.416 e. The quantitative estimate of drug-likeness (QED) is 0.937. The molecule has 0 aliphatic carbocycles. The fraction of sp³-hybridized carbons (Fsp3) is 0.286. The van der Waals surface area contributed by atoms with Gasteiger partial charge in [0.15, 0.2) is 0 Å². The molecule has 1 aromatic carbocycles. The molecule has 1 N–H and O–H groups in total. The van der Waals surface area contributed by atoms with E-state index in [4.69, 9.17) is 11.6 Å². The lowest BCUT2D eigenvalue weighted by Gasteiger charge is -2.09. The van der Waals surface area contributed by atoms with Gasteiger partial charge in [-0.15, -0.1) is 0 Å². The van der Waals surface area contributed by atoms with Gasteiger partial charge in [-0.1, -0.05) is 23.7 Å². The average molecular weight is 332 g/mol. The Morgan fingerprint density at radius 2 is 1.91 bits per heavy atom. The van der Waals surface area contributed by atoms with E-state index < -0.39 is 17.6 Å². The van der Waals surface area contributed by atoms with Gasteiger partial charge in [0, 0.05) is 13.6 Å². The zero-order valence-corrected chi connectivity index (χ0v) is 12.6. The van der Waals surface area contributed by atoms with Gasteiger partial charge in [0.25, 0.3) is 5.91 Å². The Morgan fingerprint density at radius 3 is 2.36 bits per heavy atom. The summed E-state index contributed by atoms with van der Waals surface area (Å²) >= 11 is 5.99. The number of nitrogens with zero attached hydrogens (tertiary/aromatic N) is 2. The van der Waals surface area contributed by atoms with Crippen molar-refractivity contribution >= 4 is 17.5 Å². The summed E-state index contributed by atoms with van der Waals surface area (Å²) < 4.78 is 38.7. The van der Waals surface area contributed by atoms with Crippen LogP contribution < -0.4 is 5.32 Å². The monoisotopic (exact) mass is 331 g/mol. The number of rotatable bonds is 3. The minimum atomic E-state index is -4.37. The molecule has 8 heteroatoms. The van der Waals surface area contributed by atoms with E-state index in [9.17, 15) is 18.0 Å². The molecule has 0 bridgehead atoms. The summed E-state index contributed by atoms with van der Waals surface area (Å²) in [5.74, 6) is -0.437.